The van der Waals surface area contributed by atoms with Gasteiger partial charge in [0.2, 0.25) is 5.91 Å². The average Bonchev–Trinajstić information content (AvgIpc) is 3.09. The van der Waals surface area contributed by atoms with Crippen LogP contribution >= 0.6 is 0 Å². The first-order chi connectivity index (χ1) is 11.1. The Labute approximate surface area is 136 Å². The van der Waals surface area contributed by atoms with Gasteiger partial charge in [0.1, 0.15) is 0 Å². The summed E-state index contributed by atoms with van der Waals surface area (Å²) in [6, 6.07) is 6.83. The molecule has 2 unspecified atom stereocenters. The van der Waals surface area contributed by atoms with Gasteiger partial charge in [-0.1, -0.05) is 0 Å². The highest BCUT2D eigenvalue weighted by Crippen LogP contribution is 2.30. The number of hydrogen-bond donors (Lipinski definition) is 1. The molecule has 0 aliphatic carbocycles. The van der Waals surface area contributed by atoms with Crippen molar-refractivity contribution in [2.24, 2.45) is 0 Å². The number of likely N-dealkylation sites (tertiary alicyclic amines) is 1. The van der Waals surface area contributed by atoms with E-state index in [-0.39, 0.29) is 11.8 Å². The van der Waals surface area contributed by atoms with Crippen molar-refractivity contribution in [1.82, 2.24) is 10.2 Å². The van der Waals surface area contributed by atoms with Crippen LogP contribution in [0, 0.1) is 0 Å². The van der Waals surface area contributed by atoms with Gasteiger partial charge in [-0.05, 0) is 49.4 Å². The molecule has 2 atom stereocenters. The smallest absolute Gasteiger partial charge is 0.253 e. The second-order valence-electron chi connectivity index (χ2n) is 6.94. The quantitative estimate of drug-likeness (QED) is 0.856. The molecule has 0 aromatic heterocycles. The summed E-state index contributed by atoms with van der Waals surface area (Å²) in [6.07, 6.45) is 4.30. The van der Waals surface area contributed by atoms with E-state index >= 15 is 0 Å². The number of nitrogens with zero attached hydrogens (tertiary/aromatic N) is 2. The molecule has 3 aliphatic rings. The van der Waals surface area contributed by atoms with Crippen molar-refractivity contribution in [2.75, 3.05) is 24.5 Å². The van der Waals surface area contributed by atoms with Gasteiger partial charge in [-0.2, -0.15) is 0 Å². The number of rotatable bonds is 1. The molecule has 5 nitrogen and oxygen atoms in total. The van der Waals surface area contributed by atoms with Crippen LogP contribution < -0.4 is 10.2 Å². The first-order valence-corrected chi connectivity index (χ1v) is 8.58. The van der Waals surface area contributed by atoms with Crippen LogP contribution in [0.4, 0.5) is 5.69 Å². The molecule has 2 amide bonds. The summed E-state index contributed by atoms with van der Waals surface area (Å²) in [6.45, 7) is 3.96. The number of hydrogen-bond acceptors (Lipinski definition) is 3. The molecule has 3 heterocycles. The van der Waals surface area contributed by atoms with Gasteiger partial charge >= 0.3 is 0 Å². The van der Waals surface area contributed by atoms with E-state index in [1.54, 1.807) is 11.8 Å². The van der Waals surface area contributed by atoms with Crippen LogP contribution in [0.3, 0.4) is 0 Å². The summed E-state index contributed by atoms with van der Waals surface area (Å²) in [4.78, 5) is 28.3. The topological polar surface area (TPSA) is 52.7 Å². The third-order valence-corrected chi connectivity index (χ3v) is 5.41. The van der Waals surface area contributed by atoms with E-state index in [9.17, 15) is 9.59 Å². The lowest BCUT2D eigenvalue weighted by Crippen LogP contribution is -2.39. The van der Waals surface area contributed by atoms with Gasteiger partial charge in [0.05, 0.1) is 0 Å². The van der Waals surface area contributed by atoms with Crippen molar-refractivity contribution in [2.45, 2.75) is 44.7 Å². The maximum absolute atomic E-state index is 12.9. The van der Waals surface area contributed by atoms with Crippen molar-refractivity contribution in [3.63, 3.8) is 0 Å². The minimum absolute atomic E-state index is 0.0671. The zero-order chi connectivity index (χ0) is 16.0. The van der Waals surface area contributed by atoms with E-state index in [1.165, 1.54) is 12.8 Å². The largest absolute Gasteiger partial charge is 0.337 e. The van der Waals surface area contributed by atoms with Gasteiger partial charge in [0.25, 0.3) is 5.91 Å². The normalized spacial score (nSPS) is 26.1. The Balaban J connectivity index is 1.54. The predicted molar refractivity (Wildman–Crippen MR) is 88.6 cm³/mol. The summed E-state index contributed by atoms with van der Waals surface area (Å²) >= 11 is 0. The average molecular weight is 313 g/mol. The van der Waals surface area contributed by atoms with Gasteiger partial charge < -0.3 is 15.1 Å². The number of carbonyl (C=O) groups is 2. The molecule has 4 rings (SSSR count). The molecule has 122 valence electrons. The Kier molecular flexibility index (Phi) is 3.60. The summed E-state index contributed by atoms with van der Waals surface area (Å²) < 4.78 is 0. The van der Waals surface area contributed by atoms with E-state index in [0.717, 1.165) is 49.3 Å². The van der Waals surface area contributed by atoms with Gasteiger partial charge in [-0.25, -0.2) is 0 Å². The number of nitrogens with one attached hydrogen (secondary N) is 1. The molecule has 3 aliphatic heterocycles. The highest BCUT2D eigenvalue weighted by molar-refractivity contribution is 5.98. The summed E-state index contributed by atoms with van der Waals surface area (Å²) in [5.41, 5.74) is 2.83. The van der Waals surface area contributed by atoms with Crippen molar-refractivity contribution in [1.29, 1.82) is 0 Å². The Hall–Kier alpha value is -1.88. The number of carbonyl (C=O) groups excluding carboxylic acids is 2. The lowest BCUT2D eigenvalue weighted by molar-refractivity contribution is -0.116. The molecule has 2 saturated heterocycles. The number of amides is 2. The highest BCUT2D eigenvalue weighted by atomic mass is 16.2. The van der Waals surface area contributed by atoms with Crippen LogP contribution in [-0.4, -0.2) is 48.4 Å². The fraction of sp³-hybridized carbons (Fsp3) is 0.556. The van der Waals surface area contributed by atoms with Crippen molar-refractivity contribution in [3.8, 4) is 0 Å². The highest BCUT2D eigenvalue weighted by Gasteiger charge is 2.32. The SMILES string of the molecule is CC(=O)N1CCc2cc(C(=O)N3CCC4CCC(C3)N4)ccc21. The monoisotopic (exact) mass is 313 g/mol. The fourth-order valence-electron chi connectivity index (χ4n) is 4.17. The number of benzene rings is 1. The third-order valence-electron chi connectivity index (χ3n) is 5.41. The molecule has 0 spiro atoms. The summed E-state index contributed by atoms with van der Waals surface area (Å²) in [5.74, 6) is 0.195. The van der Waals surface area contributed by atoms with Gasteiger partial charge in [0.15, 0.2) is 0 Å². The van der Waals surface area contributed by atoms with E-state index < -0.39 is 0 Å². The third kappa shape index (κ3) is 2.63. The maximum Gasteiger partial charge on any atom is 0.253 e. The maximum atomic E-state index is 12.9. The summed E-state index contributed by atoms with van der Waals surface area (Å²) in [5, 5.41) is 3.61. The molecule has 0 radical (unpaired) electrons. The zero-order valence-corrected chi connectivity index (χ0v) is 13.5. The van der Waals surface area contributed by atoms with Crippen LogP contribution in [0.5, 0.6) is 0 Å². The van der Waals surface area contributed by atoms with Crippen LogP contribution in [0.1, 0.15) is 42.1 Å². The Morgan fingerprint density at radius 2 is 1.96 bits per heavy atom. The lowest BCUT2D eigenvalue weighted by Gasteiger charge is -2.24. The minimum Gasteiger partial charge on any atom is -0.337 e. The molecular weight excluding hydrogens is 290 g/mol. The molecule has 1 aromatic rings. The Morgan fingerprint density at radius 1 is 1.13 bits per heavy atom. The molecule has 2 bridgehead atoms. The standard InChI is InChI=1S/C18H23N3O2/c1-12(22)21-9-6-13-10-14(2-5-17(13)21)18(23)20-8-7-15-3-4-16(11-20)19-15/h2,5,10,15-16,19H,3-4,6-9,11H2,1H3. The minimum atomic E-state index is 0.0671. The van der Waals surface area contributed by atoms with Gasteiger partial charge in [-0.3, -0.25) is 9.59 Å². The van der Waals surface area contributed by atoms with Gasteiger partial charge in [-0.15, -0.1) is 0 Å². The van der Waals surface area contributed by atoms with Crippen LogP contribution in [-0.2, 0) is 11.2 Å². The second-order valence-corrected chi connectivity index (χ2v) is 6.94. The molecule has 5 heteroatoms. The Morgan fingerprint density at radius 3 is 2.78 bits per heavy atom. The number of fused-ring (bicyclic) bond motifs is 3. The van der Waals surface area contributed by atoms with E-state index in [2.05, 4.69) is 5.32 Å². The van der Waals surface area contributed by atoms with E-state index in [4.69, 9.17) is 0 Å². The molecule has 1 N–H and O–H groups in total. The van der Waals surface area contributed by atoms with Crippen molar-refractivity contribution in [3.05, 3.63) is 29.3 Å². The van der Waals surface area contributed by atoms with Crippen LogP contribution in [0.15, 0.2) is 18.2 Å². The fourth-order valence-corrected chi connectivity index (χ4v) is 4.17. The number of anilines is 1. The first kappa shape index (κ1) is 14.7. The summed E-state index contributed by atoms with van der Waals surface area (Å²) in [7, 11) is 0. The molecule has 1 aromatic carbocycles. The zero-order valence-electron chi connectivity index (χ0n) is 13.5. The van der Waals surface area contributed by atoms with Crippen LogP contribution in [0.2, 0.25) is 0 Å². The van der Waals surface area contributed by atoms with Crippen molar-refractivity contribution < 1.29 is 9.59 Å². The molecule has 2 fully saturated rings. The molecular formula is C18H23N3O2. The van der Waals surface area contributed by atoms with E-state index in [1.807, 2.05) is 23.1 Å². The predicted octanol–water partition coefficient (Wildman–Crippen LogP) is 1.56. The second kappa shape index (κ2) is 5.64. The van der Waals surface area contributed by atoms with Crippen LogP contribution in [0.25, 0.3) is 0 Å². The molecule has 23 heavy (non-hydrogen) atoms. The Bertz CT molecular complexity index is 658. The molecule has 0 saturated carbocycles. The first-order valence-electron chi connectivity index (χ1n) is 8.58. The van der Waals surface area contributed by atoms with Gasteiger partial charge in [0, 0.05) is 49.9 Å². The van der Waals surface area contributed by atoms with Crippen molar-refractivity contribution >= 4 is 17.5 Å². The lowest BCUT2D eigenvalue weighted by atomic mass is 10.0. The van der Waals surface area contributed by atoms with E-state index in [0.29, 0.717) is 12.1 Å².